The van der Waals surface area contributed by atoms with Crippen LogP contribution in [0, 0.1) is 0 Å². The van der Waals surface area contributed by atoms with Crippen molar-refractivity contribution in [2.45, 2.75) is 6.54 Å². The summed E-state index contributed by atoms with van der Waals surface area (Å²) in [6, 6.07) is 11.2. The molecule has 3 N–H and O–H groups in total. The number of benzene rings is 1. The Labute approximate surface area is 187 Å². The van der Waals surface area contributed by atoms with E-state index in [0.29, 0.717) is 16.9 Å². The lowest BCUT2D eigenvalue weighted by molar-refractivity contribution is 0.102. The quantitative estimate of drug-likeness (QED) is 0.399. The minimum Gasteiger partial charge on any atom is -0.319 e. The molecule has 0 bridgehead atoms. The van der Waals surface area contributed by atoms with E-state index in [9.17, 15) is 9.00 Å². The summed E-state index contributed by atoms with van der Waals surface area (Å²) in [5.41, 5.74) is 4.59. The highest BCUT2D eigenvalue weighted by atomic mass is 32.2. The monoisotopic (exact) mass is 449 g/mol. The van der Waals surface area contributed by atoms with Crippen molar-refractivity contribution in [2.75, 3.05) is 30.4 Å². The summed E-state index contributed by atoms with van der Waals surface area (Å²) < 4.78 is 13.9. The molecule has 0 spiro atoms. The first-order valence-electron chi connectivity index (χ1n) is 9.83. The number of H-pyrrole nitrogens is 1. The summed E-state index contributed by atoms with van der Waals surface area (Å²) in [6.07, 6.45) is 6.68. The van der Waals surface area contributed by atoms with Crippen molar-refractivity contribution >= 4 is 39.3 Å². The van der Waals surface area contributed by atoms with Crippen molar-refractivity contribution in [1.82, 2.24) is 25.1 Å². The van der Waals surface area contributed by atoms with Crippen molar-refractivity contribution in [1.29, 1.82) is 0 Å². The van der Waals surface area contributed by atoms with E-state index in [4.69, 9.17) is 0 Å². The van der Waals surface area contributed by atoms with Crippen LogP contribution >= 0.6 is 0 Å². The average Bonchev–Trinajstić information content (AvgIpc) is 3.18. The Morgan fingerprint density at radius 1 is 1.09 bits per heavy atom. The van der Waals surface area contributed by atoms with E-state index in [2.05, 4.69) is 41.2 Å². The normalized spacial score (nSPS) is 12.1. The summed E-state index contributed by atoms with van der Waals surface area (Å²) in [5.74, 6) is 0.110. The second kappa shape index (κ2) is 9.25. The number of fused-ring (bicyclic) bond motifs is 1. The summed E-state index contributed by atoms with van der Waals surface area (Å²) >= 11 is 0. The number of aromatic nitrogens is 4. The Morgan fingerprint density at radius 2 is 1.94 bits per heavy atom. The van der Waals surface area contributed by atoms with Crippen LogP contribution in [0.4, 0.5) is 11.5 Å². The number of carbonyl (C=O) groups is 1. The minimum atomic E-state index is -1.22. The van der Waals surface area contributed by atoms with Gasteiger partial charge in [0.15, 0.2) is 5.69 Å². The third-order valence-corrected chi connectivity index (χ3v) is 5.17. The third-order valence-electron chi connectivity index (χ3n) is 4.67. The van der Waals surface area contributed by atoms with Gasteiger partial charge in [-0.05, 0) is 55.6 Å². The molecule has 0 aliphatic carbocycles. The van der Waals surface area contributed by atoms with E-state index in [-0.39, 0.29) is 11.6 Å². The second-order valence-corrected chi connectivity index (χ2v) is 8.71. The van der Waals surface area contributed by atoms with Gasteiger partial charge >= 0.3 is 0 Å². The van der Waals surface area contributed by atoms with Crippen LogP contribution < -0.4 is 10.0 Å². The molecule has 4 aromatic rings. The molecular formula is C22H23N7O2S. The number of anilines is 2. The van der Waals surface area contributed by atoms with Gasteiger partial charge in [-0.3, -0.25) is 19.6 Å². The zero-order chi connectivity index (χ0) is 22.7. The van der Waals surface area contributed by atoms with Crippen molar-refractivity contribution in [3.05, 3.63) is 66.2 Å². The van der Waals surface area contributed by atoms with E-state index in [1.807, 2.05) is 44.7 Å². The maximum Gasteiger partial charge on any atom is 0.276 e. The first-order valence-corrected chi connectivity index (χ1v) is 11.4. The number of amides is 1. The van der Waals surface area contributed by atoms with Gasteiger partial charge < -0.3 is 10.2 Å². The number of hydrogen-bond acceptors (Lipinski definition) is 6. The lowest BCUT2D eigenvalue weighted by atomic mass is 10.0. The fraction of sp³-hybridized carbons (Fsp3) is 0.182. The van der Waals surface area contributed by atoms with Crippen LogP contribution in [0.2, 0.25) is 0 Å². The van der Waals surface area contributed by atoms with Gasteiger partial charge in [-0.1, -0.05) is 6.07 Å². The van der Waals surface area contributed by atoms with Crippen LogP contribution in [-0.2, 0) is 17.5 Å². The van der Waals surface area contributed by atoms with Crippen LogP contribution in [0.3, 0.4) is 0 Å². The molecule has 0 saturated heterocycles. The van der Waals surface area contributed by atoms with Gasteiger partial charge in [0, 0.05) is 36.1 Å². The smallest absolute Gasteiger partial charge is 0.276 e. The highest BCUT2D eigenvalue weighted by Gasteiger charge is 2.16. The lowest BCUT2D eigenvalue weighted by Gasteiger charge is -2.10. The highest BCUT2D eigenvalue weighted by Crippen LogP contribution is 2.26. The molecule has 0 fully saturated rings. The molecule has 0 radical (unpaired) electrons. The predicted molar refractivity (Wildman–Crippen MR) is 127 cm³/mol. The number of rotatable bonds is 7. The summed E-state index contributed by atoms with van der Waals surface area (Å²) in [4.78, 5) is 23.5. The van der Waals surface area contributed by atoms with Crippen LogP contribution in [0.15, 0.2) is 55.0 Å². The summed E-state index contributed by atoms with van der Waals surface area (Å²) in [6.45, 7) is 0.791. The molecule has 32 heavy (non-hydrogen) atoms. The Balaban J connectivity index is 1.59. The van der Waals surface area contributed by atoms with Gasteiger partial charge in [0.1, 0.15) is 16.8 Å². The molecule has 164 valence electrons. The van der Waals surface area contributed by atoms with Gasteiger partial charge in [0.2, 0.25) is 0 Å². The van der Waals surface area contributed by atoms with Gasteiger partial charge in [0.25, 0.3) is 5.91 Å². The van der Waals surface area contributed by atoms with Crippen molar-refractivity contribution in [3.8, 4) is 11.1 Å². The molecule has 0 aliphatic rings. The topological polar surface area (TPSA) is 116 Å². The molecule has 10 heteroatoms. The van der Waals surface area contributed by atoms with Crippen molar-refractivity contribution < 1.29 is 9.00 Å². The van der Waals surface area contributed by atoms with E-state index in [1.54, 1.807) is 12.1 Å². The van der Waals surface area contributed by atoms with E-state index in [1.165, 1.54) is 12.5 Å². The third kappa shape index (κ3) is 4.98. The number of pyridine rings is 2. The Bertz CT molecular complexity index is 1290. The zero-order valence-corrected chi connectivity index (χ0v) is 18.7. The summed E-state index contributed by atoms with van der Waals surface area (Å²) in [5, 5.41) is 10.6. The number of carbonyl (C=O) groups excluding carboxylic acids is 1. The maximum absolute atomic E-state index is 12.9. The standard InChI is InChI=1S/C22H23N7O2S/c1-29(2)13-14-8-16(11-23-10-14)15-4-6-19-18(9-15)21(27-26-19)22(30)25-17-5-7-20(24-12-17)28-32(3)31/h4-12H,13H2,1-3H3,(H,24,28)(H,25,30)(H,26,27). The molecule has 3 aromatic heterocycles. The number of nitrogens with zero attached hydrogens (tertiary/aromatic N) is 4. The molecular weight excluding hydrogens is 426 g/mol. The number of hydrogen-bond donors (Lipinski definition) is 3. The molecule has 0 aliphatic heterocycles. The maximum atomic E-state index is 12.9. The van der Waals surface area contributed by atoms with Crippen LogP contribution in [0.5, 0.6) is 0 Å². The minimum absolute atomic E-state index is 0.288. The largest absolute Gasteiger partial charge is 0.319 e. The van der Waals surface area contributed by atoms with Gasteiger partial charge in [0.05, 0.1) is 17.4 Å². The van der Waals surface area contributed by atoms with E-state index in [0.717, 1.165) is 28.8 Å². The molecule has 0 saturated carbocycles. The van der Waals surface area contributed by atoms with Crippen LogP contribution in [-0.4, -0.2) is 55.5 Å². The van der Waals surface area contributed by atoms with Crippen LogP contribution in [0.1, 0.15) is 16.1 Å². The first kappa shape index (κ1) is 21.6. The average molecular weight is 450 g/mol. The number of aromatic amines is 1. The lowest BCUT2D eigenvalue weighted by Crippen LogP contribution is -2.13. The fourth-order valence-electron chi connectivity index (χ4n) is 3.33. The SMILES string of the molecule is CN(C)Cc1cncc(-c2ccc3[nH]nc(C(=O)Nc4ccc(NS(C)=O)nc4)c3c2)c1. The van der Waals surface area contributed by atoms with Gasteiger partial charge in [-0.15, -0.1) is 0 Å². The molecule has 1 unspecified atom stereocenters. The second-order valence-electron chi connectivity index (χ2n) is 7.59. The molecule has 1 amide bonds. The molecule has 3 heterocycles. The summed E-state index contributed by atoms with van der Waals surface area (Å²) in [7, 11) is 2.81. The van der Waals surface area contributed by atoms with Crippen LogP contribution in [0.25, 0.3) is 22.0 Å². The zero-order valence-electron chi connectivity index (χ0n) is 17.9. The van der Waals surface area contributed by atoms with Gasteiger partial charge in [-0.25, -0.2) is 9.19 Å². The molecule has 4 rings (SSSR count). The number of nitrogens with one attached hydrogen (secondary N) is 3. The van der Waals surface area contributed by atoms with E-state index < -0.39 is 11.0 Å². The van der Waals surface area contributed by atoms with Gasteiger partial charge in [-0.2, -0.15) is 5.10 Å². The van der Waals surface area contributed by atoms with Crippen molar-refractivity contribution in [2.24, 2.45) is 0 Å². The molecule has 1 aromatic carbocycles. The Morgan fingerprint density at radius 3 is 2.66 bits per heavy atom. The Kier molecular flexibility index (Phi) is 6.24. The molecule has 1 atom stereocenters. The molecule has 9 nitrogen and oxygen atoms in total. The Hall–Kier alpha value is -3.63. The first-order chi connectivity index (χ1) is 15.4. The van der Waals surface area contributed by atoms with E-state index >= 15 is 0 Å². The highest BCUT2D eigenvalue weighted by molar-refractivity contribution is 7.85. The fourth-order valence-corrected chi connectivity index (χ4v) is 3.74. The van der Waals surface area contributed by atoms with Crippen molar-refractivity contribution in [3.63, 3.8) is 0 Å². The predicted octanol–water partition coefficient (Wildman–Crippen LogP) is 3.04.